The molecule has 0 bridgehead atoms. The summed E-state index contributed by atoms with van der Waals surface area (Å²) in [6.07, 6.45) is 4.92. The molecule has 1 N–H and O–H groups in total. The van der Waals surface area contributed by atoms with Gasteiger partial charge in [-0.05, 0) is 18.4 Å². The van der Waals surface area contributed by atoms with Crippen LogP contribution in [0, 0.1) is 0 Å². The van der Waals surface area contributed by atoms with E-state index in [1.54, 1.807) is 24.6 Å². The average Bonchev–Trinajstić information content (AvgIpc) is 3.42. The molecule has 1 atom stereocenters. The molecule has 0 unspecified atom stereocenters. The Balaban J connectivity index is 1.38. The smallest absolute Gasteiger partial charge is 0.259 e. The Morgan fingerprint density at radius 1 is 1.24 bits per heavy atom. The molecule has 1 aliphatic rings. The van der Waals surface area contributed by atoms with Crippen molar-refractivity contribution in [1.82, 2.24) is 19.7 Å². The maximum Gasteiger partial charge on any atom is 0.259 e. The van der Waals surface area contributed by atoms with Crippen LogP contribution in [-0.2, 0) is 16.1 Å². The van der Waals surface area contributed by atoms with Gasteiger partial charge in [-0.15, -0.1) is 11.3 Å². The maximum atomic E-state index is 12.8. The van der Waals surface area contributed by atoms with Crippen molar-refractivity contribution in [3.8, 4) is 0 Å². The highest BCUT2D eigenvalue weighted by Gasteiger charge is 2.25. The first kappa shape index (κ1) is 19.8. The fourth-order valence-electron chi connectivity index (χ4n) is 3.76. The van der Waals surface area contributed by atoms with Crippen LogP contribution >= 0.6 is 11.3 Å². The normalized spacial score (nSPS) is 16.6. The Labute approximate surface area is 174 Å². The van der Waals surface area contributed by atoms with Gasteiger partial charge in [0.25, 0.3) is 5.91 Å². The summed E-state index contributed by atoms with van der Waals surface area (Å²) in [5.41, 5.74) is 0.828. The van der Waals surface area contributed by atoms with Crippen LogP contribution in [0.15, 0.2) is 54.2 Å². The molecule has 0 aliphatic carbocycles. The van der Waals surface area contributed by atoms with Crippen LogP contribution in [0.2, 0.25) is 0 Å². The largest absolute Gasteiger partial charge is 0.367 e. The second kappa shape index (κ2) is 9.30. The Bertz CT molecular complexity index is 904. The summed E-state index contributed by atoms with van der Waals surface area (Å²) >= 11 is 1.70. The Hall–Kier alpha value is -2.55. The van der Waals surface area contributed by atoms with Gasteiger partial charge < -0.3 is 10.1 Å². The van der Waals surface area contributed by atoms with E-state index in [1.807, 2.05) is 52.7 Å². The van der Waals surface area contributed by atoms with Crippen molar-refractivity contribution in [3.05, 3.63) is 64.7 Å². The molecule has 7 nitrogen and oxygen atoms in total. The first-order chi connectivity index (χ1) is 14.2. The molecule has 29 heavy (non-hydrogen) atoms. The number of nitrogens with zero attached hydrogens (tertiary/aromatic N) is 4. The summed E-state index contributed by atoms with van der Waals surface area (Å²) in [5.74, 6) is 0.521. The first-order valence-corrected chi connectivity index (χ1v) is 10.7. The number of anilines is 1. The van der Waals surface area contributed by atoms with E-state index in [2.05, 4.69) is 20.3 Å². The first-order valence-electron chi connectivity index (χ1n) is 9.77. The topological polar surface area (TPSA) is 72.3 Å². The summed E-state index contributed by atoms with van der Waals surface area (Å²) in [6, 6.07) is 11.6. The number of aromatic nitrogens is 3. The van der Waals surface area contributed by atoms with Gasteiger partial charge in [0.2, 0.25) is 0 Å². The summed E-state index contributed by atoms with van der Waals surface area (Å²) in [5, 5.41) is 10.7. The lowest BCUT2D eigenvalue weighted by molar-refractivity contribution is -0.126. The maximum absolute atomic E-state index is 12.8. The van der Waals surface area contributed by atoms with E-state index in [1.165, 1.54) is 0 Å². The zero-order chi connectivity index (χ0) is 20.1. The predicted molar refractivity (Wildman–Crippen MR) is 113 cm³/mol. The number of rotatable bonds is 7. The van der Waals surface area contributed by atoms with Crippen LogP contribution < -0.4 is 5.32 Å². The second-order valence-electron chi connectivity index (χ2n) is 7.11. The lowest BCUT2D eigenvalue weighted by Gasteiger charge is -2.32. The zero-order valence-electron chi connectivity index (χ0n) is 16.4. The Morgan fingerprint density at radius 3 is 2.72 bits per heavy atom. The molecule has 1 amide bonds. The van der Waals surface area contributed by atoms with Gasteiger partial charge in [0.05, 0.1) is 18.8 Å². The molecule has 1 fully saturated rings. The number of benzene rings is 1. The van der Waals surface area contributed by atoms with E-state index in [0.29, 0.717) is 5.82 Å². The lowest BCUT2D eigenvalue weighted by atomic mass is 10.1. The monoisotopic (exact) mass is 411 g/mol. The molecule has 1 aliphatic heterocycles. The number of methoxy groups -OCH3 is 1. The molecule has 8 heteroatoms. The van der Waals surface area contributed by atoms with Gasteiger partial charge in [-0.25, -0.2) is 9.67 Å². The van der Waals surface area contributed by atoms with Gasteiger partial charge >= 0.3 is 0 Å². The molecular formula is C21H25N5O2S. The number of ether oxygens (including phenoxy) is 1. The molecule has 0 spiro atoms. The number of likely N-dealkylation sites (tertiary alicyclic amines) is 1. The third kappa shape index (κ3) is 4.72. The molecule has 0 saturated carbocycles. The standard InChI is InChI=1S/C21H25N5O2S/c1-28-20(16-5-3-2-4-6-16)21(27)24-18-7-10-23-26(18)17-8-12-25(13-9-17)15-19-22-11-14-29-19/h2-7,10-11,14,17,20H,8-9,12-13,15H2,1H3,(H,24,27)/t20-/m1/s1. The van der Waals surface area contributed by atoms with Crippen molar-refractivity contribution in [1.29, 1.82) is 0 Å². The summed E-state index contributed by atoms with van der Waals surface area (Å²) in [6.45, 7) is 2.88. The minimum atomic E-state index is -0.653. The zero-order valence-corrected chi connectivity index (χ0v) is 17.2. The van der Waals surface area contributed by atoms with Crippen LogP contribution in [0.25, 0.3) is 0 Å². The van der Waals surface area contributed by atoms with Crippen LogP contribution in [0.5, 0.6) is 0 Å². The fraction of sp³-hybridized carbons (Fsp3) is 0.381. The number of nitrogens with one attached hydrogen (secondary N) is 1. The van der Waals surface area contributed by atoms with Crippen molar-refractivity contribution in [2.75, 3.05) is 25.5 Å². The van der Waals surface area contributed by atoms with E-state index >= 15 is 0 Å². The van der Waals surface area contributed by atoms with E-state index in [-0.39, 0.29) is 11.9 Å². The second-order valence-corrected chi connectivity index (χ2v) is 8.09. The highest BCUT2D eigenvalue weighted by Crippen LogP contribution is 2.27. The number of amides is 1. The lowest BCUT2D eigenvalue weighted by Crippen LogP contribution is -2.35. The minimum Gasteiger partial charge on any atom is -0.367 e. The van der Waals surface area contributed by atoms with Crippen molar-refractivity contribution in [2.45, 2.75) is 31.5 Å². The average molecular weight is 412 g/mol. The number of carbonyl (C=O) groups is 1. The molecule has 2 aromatic heterocycles. The van der Waals surface area contributed by atoms with Gasteiger partial charge in [-0.3, -0.25) is 9.69 Å². The van der Waals surface area contributed by atoms with Crippen LogP contribution in [0.4, 0.5) is 5.82 Å². The van der Waals surface area contributed by atoms with E-state index < -0.39 is 6.10 Å². The third-order valence-electron chi connectivity index (χ3n) is 5.24. The molecule has 4 rings (SSSR count). The van der Waals surface area contributed by atoms with Gasteiger partial charge in [-0.2, -0.15) is 5.10 Å². The third-order valence-corrected chi connectivity index (χ3v) is 6.01. The highest BCUT2D eigenvalue weighted by atomic mass is 32.1. The summed E-state index contributed by atoms with van der Waals surface area (Å²) in [7, 11) is 1.55. The molecule has 1 saturated heterocycles. The van der Waals surface area contributed by atoms with Crippen LogP contribution in [0.1, 0.15) is 35.6 Å². The van der Waals surface area contributed by atoms with Gasteiger partial charge in [0.15, 0.2) is 6.10 Å². The number of hydrogen-bond acceptors (Lipinski definition) is 6. The van der Waals surface area contributed by atoms with E-state index in [4.69, 9.17) is 4.74 Å². The molecule has 0 radical (unpaired) electrons. The minimum absolute atomic E-state index is 0.193. The quantitative estimate of drug-likeness (QED) is 0.644. The van der Waals surface area contributed by atoms with Crippen molar-refractivity contribution in [2.24, 2.45) is 0 Å². The molecular weight excluding hydrogens is 386 g/mol. The number of carbonyl (C=O) groups excluding carboxylic acids is 1. The van der Waals surface area contributed by atoms with E-state index in [0.717, 1.165) is 43.0 Å². The van der Waals surface area contributed by atoms with Crippen molar-refractivity contribution in [3.63, 3.8) is 0 Å². The Morgan fingerprint density at radius 2 is 2.03 bits per heavy atom. The Kier molecular flexibility index (Phi) is 6.33. The number of hydrogen-bond donors (Lipinski definition) is 1. The van der Waals surface area contributed by atoms with Crippen molar-refractivity contribution < 1.29 is 9.53 Å². The molecule has 1 aromatic carbocycles. The van der Waals surface area contributed by atoms with Crippen molar-refractivity contribution >= 4 is 23.1 Å². The van der Waals surface area contributed by atoms with Gasteiger partial charge in [-0.1, -0.05) is 30.3 Å². The summed E-state index contributed by atoms with van der Waals surface area (Å²) in [4.78, 5) is 19.6. The van der Waals surface area contributed by atoms with Gasteiger partial charge in [0.1, 0.15) is 10.8 Å². The fourth-order valence-corrected chi connectivity index (χ4v) is 4.42. The van der Waals surface area contributed by atoms with Gasteiger partial charge in [0, 0.05) is 37.8 Å². The molecule has 3 heterocycles. The van der Waals surface area contributed by atoms with Crippen LogP contribution in [-0.4, -0.2) is 45.8 Å². The molecule has 152 valence electrons. The predicted octanol–water partition coefficient (Wildman–Crippen LogP) is 3.50. The number of thiazole rings is 1. The van der Waals surface area contributed by atoms with E-state index in [9.17, 15) is 4.79 Å². The SMILES string of the molecule is CO[C@@H](C(=O)Nc1ccnn1C1CCN(Cc2nccs2)CC1)c1ccccc1. The molecule has 3 aromatic rings. The van der Waals surface area contributed by atoms with Crippen LogP contribution in [0.3, 0.4) is 0 Å². The summed E-state index contributed by atoms with van der Waals surface area (Å²) < 4.78 is 7.38. The highest BCUT2D eigenvalue weighted by molar-refractivity contribution is 7.09. The number of piperidine rings is 1.